The van der Waals surface area contributed by atoms with Gasteiger partial charge in [-0.05, 0) is 23.9 Å². The van der Waals surface area contributed by atoms with Crippen molar-refractivity contribution in [3.8, 4) is 6.07 Å². The van der Waals surface area contributed by atoms with Crippen molar-refractivity contribution in [2.24, 2.45) is 5.41 Å². The van der Waals surface area contributed by atoms with E-state index < -0.39 is 0 Å². The van der Waals surface area contributed by atoms with E-state index in [2.05, 4.69) is 48.8 Å². The quantitative estimate of drug-likeness (QED) is 0.850. The van der Waals surface area contributed by atoms with E-state index in [1.165, 1.54) is 13.0 Å². The Kier molecular flexibility index (Phi) is 5.39. The van der Waals surface area contributed by atoms with Crippen LogP contribution in [0.4, 0.5) is 0 Å². The number of hydrogen-bond acceptors (Lipinski definition) is 3. The Morgan fingerprint density at radius 1 is 1.10 bits per heavy atom. The van der Waals surface area contributed by atoms with Crippen molar-refractivity contribution < 1.29 is 0 Å². The molecule has 0 spiro atoms. The molecule has 1 aliphatic rings. The normalized spacial score (nSPS) is 19.1. The molecule has 21 heavy (non-hydrogen) atoms. The van der Waals surface area contributed by atoms with Crippen molar-refractivity contribution >= 4 is 0 Å². The standard InChI is InChI=1S/C18H27N3/c1-18(2,3)9-10-20-11-13-21(14-12-20)17(15-19)16-7-5-4-6-8-16/h4-8,17H,9-14H2,1-3H3/t17-/m1/s1. The summed E-state index contributed by atoms with van der Waals surface area (Å²) in [6.07, 6.45) is 1.23. The summed E-state index contributed by atoms with van der Waals surface area (Å²) in [7, 11) is 0. The molecule has 0 unspecified atom stereocenters. The average Bonchev–Trinajstić information content (AvgIpc) is 2.47. The molecule has 2 rings (SSSR count). The van der Waals surface area contributed by atoms with Gasteiger partial charge in [0.2, 0.25) is 0 Å². The van der Waals surface area contributed by atoms with E-state index in [-0.39, 0.29) is 6.04 Å². The predicted octanol–water partition coefficient (Wildman–Crippen LogP) is 3.31. The highest BCUT2D eigenvalue weighted by molar-refractivity contribution is 5.24. The fourth-order valence-corrected chi connectivity index (χ4v) is 2.74. The van der Waals surface area contributed by atoms with Gasteiger partial charge in [0.1, 0.15) is 6.04 Å². The van der Waals surface area contributed by atoms with Crippen LogP contribution in [-0.2, 0) is 0 Å². The van der Waals surface area contributed by atoms with E-state index in [1.807, 2.05) is 18.2 Å². The summed E-state index contributed by atoms with van der Waals surface area (Å²) in [5.41, 5.74) is 1.51. The minimum Gasteiger partial charge on any atom is -0.301 e. The highest BCUT2D eigenvalue weighted by atomic mass is 15.3. The Bertz CT molecular complexity index is 461. The van der Waals surface area contributed by atoms with E-state index in [1.54, 1.807) is 0 Å². The number of piperazine rings is 1. The van der Waals surface area contributed by atoms with Crippen LogP contribution in [-0.4, -0.2) is 42.5 Å². The second kappa shape index (κ2) is 7.06. The van der Waals surface area contributed by atoms with E-state index in [4.69, 9.17) is 0 Å². The summed E-state index contributed by atoms with van der Waals surface area (Å²) >= 11 is 0. The topological polar surface area (TPSA) is 30.3 Å². The third kappa shape index (κ3) is 4.84. The van der Waals surface area contributed by atoms with Crippen LogP contribution in [0.3, 0.4) is 0 Å². The Morgan fingerprint density at radius 2 is 1.71 bits per heavy atom. The van der Waals surface area contributed by atoms with Crippen molar-refractivity contribution in [3.63, 3.8) is 0 Å². The van der Waals surface area contributed by atoms with Gasteiger partial charge in [-0.1, -0.05) is 51.1 Å². The summed E-state index contributed by atoms with van der Waals surface area (Å²) in [5.74, 6) is 0. The van der Waals surface area contributed by atoms with Crippen molar-refractivity contribution in [3.05, 3.63) is 35.9 Å². The zero-order chi connectivity index (χ0) is 15.3. The van der Waals surface area contributed by atoms with Crippen LogP contribution in [0.25, 0.3) is 0 Å². The van der Waals surface area contributed by atoms with E-state index >= 15 is 0 Å². The maximum Gasteiger partial charge on any atom is 0.123 e. The summed E-state index contributed by atoms with van der Waals surface area (Å²) < 4.78 is 0. The van der Waals surface area contributed by atoms with E-state index in [9.17, 15) is 5.26 Å². The molecular weight excluding hydrogens is 258 g/mol. The van der Waals surface area contributed by atoms with Gasteiger partial charge in [0.05, 0.1) is 6.07 Å². The summed E-state index contributed by atoms with van der Waals surface area (Å²) in [5, 5.41) is 9.50. The molecule has 0 radical (unpaired) electrons. The highest BCUT2D eigenvalue weighted by Crippen LogP contribution is 2.23. The first kappa shape index (κ1) is 16.0. The van der Waals surface area contributed by atoms with Gasteiger partial charge in [-0.15, -0.1) is 0 Å². The van der Waals surface area contributed by atoms with Crippen LogP contribution in [0.5, 0.6) is 0 Å². The van der Waals surface area contributed by atoms with Crippen LogP contribution in [0, 0.1) is 16.7 Å². The molecule has 0 bridgehead atoms. The molecular formula is C18H27N3. The summed E-state index contributed by atoms with van der Waals surface area (Å²) in [6.45, 7) is 12.2. The lowest BCUT2D eigenvalue weighted by Crippen LogP contribution is -2.47. The van der Waals surface area contributed by atoms with E-state index in [0.717, 1.165) is 31.7 Å². The minimum atomic E-state index is -0.101. The lowest BCUT2D eigenvalue weighted by atomic mass is 9.92. The summed E-state index contributed by atoms with van der Waals surface area (Å²) in [4.78, 5) is 4.84. The van der Waals surface area contributed by atoms with Gasteiger partial charge >= 0.3 is 0 Å². The molecule has 1 saturated heterocycles. The molecule has 1 aromatic rings. The smallest absolute Gasteiger partial charge is 0.123 e. The molecule has 114 valence electrons. The molecule has 3 nitrogen and oxygen atoms in total. The molecule has 1 heterocycles. The number of rotatable bonds is 4. The fraction of sp³-hybridized carbons (Fsp3) is 0.611. The molecule has 0 aromatic heterocycles. The molecule has 1 aliphatic heterocycles. The zero-order valence-electron chi connectivity index (χ0n) is 13.5. The lowest BCUT2D eigenvalue weighted by molar-refractivity contribution is 0.105. The number of nitrogens with zero attached hydrogens (tertiary/aromatic N) is 3. The Hall–Kier alpha value is -1.37. The van der Waals surface area contributed by atoms with Crippen LogP contribution in [0.15, 0.2) is 30.3 Å². The molecule has 1 fully saturated rings. The third-order valence-corrected chi connectivity index (χ3v) is 4.19. The molecule has 0 aliphatic carbocycles. The van der Waals surface area contributed by atoms with Gasteiger partial charge in [-0.3, -0.25) is 4.90 Å². The van der Waals surface area contributed by atoms with Crippen LogP contribution >= 0.6 is 0 Å². The molecule has 0 amide bonds. The Labute approximate surface area is 129 Å². The first-order valence-electron chi connectivity index (χ1n) is 7.90. The van der Waals surface area contributed by atoms with Gasteiger partial charge in [0.25, 0.3) is 0 Å². The van der Waals surface area contributed by atoms with Gasteiger partial charge in [0, 0.05) is 26.2 Å². The van der Waals surface area contributed by atoms with Crippen molar-refractivity contribution in [2.45, 2.75) is 33.2 Å². The first-order valence-corrected chi connectivity index (χ1v) is 7.90. The summed E-state index contributed by atoms with van der Waals surface area (Å²) in [6, 6.07) is 12.5. The zero-order valence-corrected chi connectivity index (χ0v) is 13.5. The van der Waals surface area contributed by atoms with Gasteiger partial charge < -0.3 is 4.90 Å². The molecule has 0 saturated carbocycles. The van der Waals surface area contributed by atoms with Gasteiger partial charge in [-0.2, -0.15) is 5.26 Å². The molecule has 1 atom stereocenters. The van der Waals surface area contributed by atoms with Crippen molar-refractivity contribution in [1.29, 1.82) is 5.26 Å². The molecule has 1 aromatic carbocycles. The van der Waals surface area contributed by atoms with Crippen molar-refractivity contribution in [1.82, 2.24) is 9.80 Å². The monoisotopic (exact) mass is 285 g/mol. The highest BCUT2D eigenvalue weighted by Gasteiger charge is 2.25. The van der Waals surface area contributed by atoms with E-state index in [0.29, 0.717) is 5.41 Å². The SMILES string of the molecule is CC(C)(C)CCN1CCN([C@H](C#N)c2ccccc2)CC1. The second-order valence-corrected chi connectivity index (χ2v) is 7.13. The maximum atomic E-state index is 9.50. The lowest BCUT2D eigenvalue weighted by Gasteiger charge is -2.37. The van der Waals surface area contributed by atoms with Gasteiger partial charge in [0.15, 0.2) is 0 Å². The number of hydrogen-bond donors (Lipinski definition) is 0. The van der Waals surface area contributed by atoms with Crippen LogP contribution < -0.4 is 0 Å². The van der Waals surface area contributed by atoms with Crippen molar-refractivity contribution in [2.75, 3.05) is 32.7 Å². The molecule has 0 N–H and O–H groups in total. The van der Waals surface area contributed by atoms with Crippen LogP contribution in [0.2, 0.25) is 0 Å². The second-order valence-electron chi connectivity index (χ2n) is 7.13. The Balaban J connectivity index is 1.87. The fourth-order valence-electron chi connectivity index (χ4n) is 2.74. The predicted molar refractivity (Wildman–Crippen MR) is 86.9 cm³/mol. The largest absolute Gasteiger partial charge is 0.301 e. The average molecular weight is 285 g/mol. The first-order chi connectivity index (χ1) is 9.99. The number of benzene rings is 1. The van der Waals surface area contributed by atoms with Crippen LogP contribution in [0.1, 0.15) is 38.8 Å². The Morgan fingerprint density at radius 3 is 2.24 bits per heavy atom. The third-order valence-electron chi connectivity index (χ3n) is 4.19. The molecule has 3 heteroatoms. The maximum absolute atomic E-state index is 9.50. The van der Waals surface area contributed by atoms with Gasteiger partial charge in [-0.25, -0.2) is 0 Å². The minimum absolute atomic E-state index is 0.101. The number of nitriles is 1.